The van der Waals surface area contributed by atoms with E-state index >= 15 is 0 Å². The lowest BCUT2D eigenvalue weighted by Crippen LogP contribution is -2.23. The third-order valence-electron chi connectivity index (χ3n) is 5.67. The molecule has 5 nitrogen and oxygen atoms in total. The number of fused-ring (bicyclic) bond motifs is 1. The topological polar surface area (TPSA) is 64.0 Å². The number of hydrogen-bond donors (Lipinski definition) is 1. The molecule has 0 bridgehead atoms. The van der Waals surface area contributed by atoms with Gasteiger partial charge in [-0.1, -0.05) is 54.9 Å². The van der Waals surface area contributed by atoms with E-state index in [1.165, 1.54) is 16.6 Å². The molecule has 2 aromatic heterocycles. The average Bonchev–Trinajstić information content (AvgIpc) is 3.11. The first kappa shape index (κ1) is 24.5. The van der Waals surface area contributed by atoms with Crippen LogP contribution in [0.5, 0.6) is 0 Å². The lowest BCUT2D eigenvalue weighted by Gasteiger charge is -2.14. The van der Waals surface area contributed by atoms with Gasteiger partial charge in [0.05, 0.1) is 16.8 Å². The minimum atomic E-state index is -0.145. The van der Waals surface area contributed by atoms with Gasteiger partial charge in [-0.15, -0.1) is 11.3 Å². The molecular formula is C26H26ClN3O2S2. The van der Waals surface area contributed by atoms with Crippen molar-refractivity contribution in [3.05, 3.63) is 79.4 Å². The molecule has 2 aromatic carbocycles. The summed E-state index contributed by atoms with van der Waals surface area (Å²) < 4.78 is 1.59. The number of rotatable bonds is 7. The number of anilines is 1. The molecule has 8 heteroatoms. The number of nitrogens with zero attached hydrogens (tertiary/aromatic N) is 2. The van der Waals surface area contributed by atoms with Crippen LogP contribution in [0.25, 0.3) is 15.9 Å². The van der Waals surface area contributed by atoms with Gasteiger partial charge in [0.15, 0.2) is 5.16 Å². The number of para-hydroxylation sites is 1. The largest absolute Gasteiger partial charge is 0.325 e. The van der Waals surface area contributed by atoms with Crippen LogP contribution in [-0.4, -0.2) is 21.2 Å². The van der Waals surface area contributed by atoms with Crippen molar-refractivity contribution >= 4 is 56.5 Å². The maximum absolute atomic E-state index is 13.7. The SMILES string of the molecule is CCCc1sc2nc(SCC(=O)Nc3c(C)cccc3C)n(-c3ccc(Cl)cc3)c(=O)c2c1C. The minimum absolute atomic E-state index is 0.124. The fourth-order valence-electron chi connectivity index (χ4n) is 3.91. The van der Waals surface area contributed by atoms with E-state index < -0.39 is 0 Å². The second kappa shape index (κ2) is 10.3. The molecule has 0 radical (unpaired) electrons. The number of thioether (sulfide) groups is 1. The molecule has 0 aliphatic heterocycles. The fraction of sp³-hybridized carbons (Fsp3) is 0.269. The smallest absolute Gasteiger partial charge is 0.267 e. The first-order chi connectivity index (χ1) is 16.3. The highest BCUT2D eigenvalue weighted by Crippen LogP contribution is 2.31. The lowest BCUT2D eigenvalue weighted by atomic mass is 10.1. The zero-order chi connectivity index (χ0) is 24.4. The number of thiophene rings is 1. The van der Waals surface area contributed by atoms with E-state index in [1.54, 1.807) is 40.2 Å². The van der Waals surface area contributed by atoms with Crippen molar-refractivity contribution in [3.8, 4) is 5.69 Å². The molecule has 1 amide bonds. The van der Waals surface area contributed by atoms with Crippen molar-refractivity contribution in [1.82, 2.24) is 9.55 Å². The van der Waals surface area contributed by atoms with Gasteiger partial charge in [0, 0.05) is 15.6 Å². The Morgan fingerprint density at radius 2 is 1.79 bits per heavy atom. The number of amides is 1. The molecular weight excluding hydrogens is 486 g/mol. The van der Waals surface area contributed by atoms with Crippen molar-refractivity contribution in [2.75, 3.05) is 11.1 Å². The van der Waals surface area contributed by atoms with E-state index in [4.69, 9.17) is 16.6 Å². The molecule has 0 unspecified atom stereocenters. The molecule has 4 rings (SSSR count). The number of aromatic nitrogens is 2. The van der Waals surface area contributed by atoms with Gasteiger partial charge in [0.1, 0.15) is 4.83 Å². The Balaban J connectivity index is 1.73. The van der Waals surface area contributed by atoms with Crippen LogP contribution >= 0.6 is 34.7 Å². The van der Waals surface area contributed by atoms with Crippen LogP contribution in [0.4, 0.5) is 5.69 Å². The molecule has 176 valence electrons. The van der Waals surface area contributed by atoms with Crippen molar-refractivity contribution in [3.63, 3.8) is 0 Å². The second-order valence-corrected chi connectivity index (χ2v) is 10.7. The van der Waals surface area contributed by atoms with E-state index in [0.29, 0.717) is 26.1 Å². The Labute approximate surface area is 212 Å². The van der Waals surface area contributed by atoms with Gasteiger partial charge in [0.25, 0.3) is 5.56 Å². The van der Waals surface area contributed by atoms with Crippen molar-refractivity contribution in [2.24, 2.45) is 0 Å². The summed E-state index contributed by atoms with van der Waals surface area (Å²) in [6.07, 6.45) is 1.91. The van der Waals surface area contributed by atoms with Crippen LogP contribution in [0.1, 0.15) is 34.9 Å². The van der Waals surface area contributed by atoms with Gasteiger partial charge in [-0.25, -0.2) is 4.98 Å². The molecule has 0 aliphatic rings. The summed E-state index contributed by atoms with van der Waals surface area (Å²) in [6, 6.07) is 13.0. The molecule has 1 N–H and O–H groups in total. The highest BCUT2D eigenvalue weighted by Gasteiger charge is 2.20. The van der Waals surface area contributed by atoms with Gasteiger partial charge in [0.2, 0.25) is 5.91 Å². The number of nitrogens with one attached hydrogen (secondary N) is 1. The predicted molar refractivity (Wildman–Crippen MR) is 144 cm³/mol. The van der Waals surface area contributed by atoms with Gasteiger partial charge >= 0.3 is 0 Å². The number of benzene rings is 2. The quantitative estimate of drug-likeness (QED) is 0.221. The van der Waals surface area contributed by atoms with Gasteiger partial charge in [-0.05, 0) is 68.1 Å². The normalized spacial score (nSPS) is 11.2. The van der Waals surface area contributed by atoms with Crippen LogP contribution < -0.4 is 10.9 Å². The molecule has 0 aliphatic carbocycles. The summed E-state index contributed by atoms with van der Waals surface area (Å²) in [5.41, 5.74) is 4.38. The fourth-order valence-corrected chi connectivity index (χ4v) is 6.17. The van der Waals surface area contributed by atoms with E-state index in [1.807, 2.05) is 39.0 Å². The number of hydrogen-bond acceptors (Lipinski definition) is 5. The highest BCUT2D eigenvalue weighted by molar-refractivity contribution is 7.99. The summed E-state index contributed by atoms with van der Waals surface area (Å²) in [4.78, 5) is 33.2. The molecule has 2 heterocycles. The van der Waals surface area contributed by atoms with E-state index in [-0.39, 0.29) is 17.2 Å². The standard InChI is InChI=1S/C26H26ClN3O2S2/c1-5-7-20-17(4)22-24(34-20)29-26(30(25(22)32)19-12-10-18(27)11-13-19)33-14-21(31)28-23-15(2)8-6-9-16(23)3/h6,8-13H,5,7,14H2,1-4H3,(H,28,31). The van der Waals surface area contributed by atoms with Crippen molar-refractivity contribution in [1.29, 1.82) is 0 Å². The third kappa shape index (κ3) is 4.92. The summed E-state index contributed by atoms with van der Waals surface area (Å²) in [5.74, 6) is -0.0145. The minimum Gasteiger partial charge on any atom is -0.325 e. The average molecular weight is 512 g/mol. The monoisotopic (exact) mass is 511 g/mol. The summed E-state index contributed by atoms with van der Waals surface area (Å²) in [7, 11) is 0. The molecule has 0 spiro atoms. The van der Waals surface area contributed by atoms with Gasteiger partial charge < -0.3 is 5.32 Å². The first-order valence-electron chi connectivity index (χ1n) is 11.1. The second-order valence-electron chi connectivity index (χ2n) is 8.20. The Morgan fingerprint density at radius 3 is 2.44 bits per heavy atom. The lowest BCUT2D eigenvalue weighted by molar-refractivity contribution is -0.113. The Morgan fingerprint density at radius 1 is 1.12 bits per heavy atom. The molecule has 0 saturated carbocycles. The summed E-state index contributed by atoms with van der Waals surface area (Å²) in [6.45, 7) is 8.05. The zero-order valence-corrected chi connectivity index (χ0v) is 22.0. The molecule has 4 aromatic rings. The van der Waals surface area contributed by atoms with E-state index in [2.05, 4.69) is 12.2 Å². The molecule has 34 heavy (non-hydrogen) atoms. The maximum atomic E-state index is 13.7. The summed E-state index contributed by atoms with van der Waals surface area (Å²) in [5, 5.41) is 4.73. The number of halogens is 1. The number of aryl methyl sites for hydroxylation is 4. The van der Waals surface area contributed by atoms with Gasteiger partial charge in [-0.2, -0.15) is 0 Å². The zero-order valence-electron chi connectivity index (χ0n) is 19.6. The molecule has 0 saturated heterocycles. The van der Waals surface area contributed by atoms with Crippen molar-refractivity contribution < 1.29 is 4.79 Å². The Hall–Kier alpha value is -2.61. The Kier molecular flexibility index (Phi) is 7.45. The highest BCUT2D eigenvalue weighted by atomic mass is 35.5. The summed E-state index contributed by atoms with van der Waals surface area (Å²) >= 11 is 8.90. The first-order valence-corrected chi connectivity index (χ1v) is 13.3. The predicted octanol–water partition coefficient (Wildman–Crippen LogP) is 6.71. The third-order valence-corrected chi connectivity index (χ3v) is 8.11. The van der Waals surface area contributed by atoms with Crippen LogP contribution in [0.2, 0.25) is 5.02 Å². The van der Waals surface area contributed by atoms with Crippen LogP contribution in [-0.2, 0) is 11.2 Å². The van der Waals surface area contributed by atoms with Crippen LogP contribution in [0.3, 0.4) is 0 Å². The van der Waals surface area contributed by atoms with Gasteiger partial charge in [-0.3, -0.25) is 14.2 Å². The number of carbonyl (C=O) groups excluding carboxylic acids is 1. The number of carbonyl (C=O) groups is 1. The van der Waals surface area contributed by atoms with E-state index in [9.17, 15) is 9.59 Å². The molecule has 0 fully saturated rings. The molecule has 0 atom stereocenters. The maximum Gasteiger partial charge on any atom is 0.267 e. The van der Waals surface area contributed by atoms with Crippen LogP contribution in [0, 0.1) is 20.8 Å². The Bertz CT molecular complexity index is 1400. The van der Waals surface area contributed by atoms with E-state index in [0.717, 1.165) is 35.2 Å². The van der Waals surface area contributed by atoms with Crippen molar-refractivity contribution in [2.45, 2.75) is 45.7 Å². The van der Waals surface area contributed by atoms with Crippen LogP contribution in [0.15, 0.2) is 52.4 Å².